The highest BCUT2D eigenvalue weighted by atomic mass is 32.2. The fourth-order valence-electron chi connectivity index (χ4n) is 3.14. The van der Waals surface area contributed by atoms with Gasteiger partial charge >= 0.3 is 0 Å². The van der Waals surface area contributed by atoms with E-state index in [1.165, 1.54) is 37.4 Å². The average molecular weight is 472 g/mol. The lowest BCUT2D eigenvalue weighted by molar-refractivity contribution is 0.0964. The second kappa shape index (κ2) is 8.91. The van der Waals surface area contributed by atoms with Gasteiger partial charge in [-0.25, -0.2) is 17.1 Å². The molecule has 2 aromatic heterocycles. The predicted octanol–water partition coefficient (Wildman–Crippen LogP) is 4.38. The third-order valence-electron chi connectivity index (χ3n) is 4.71. The normalized spacial score (nSPS) is 11.9. The van der Waals surface area contributed by atoms with E-state index in [0.717, 1.165) is 22.8 Å². The lowest BCUT2D eigenvalue weighted by atomic mass is 10.0. The molecule has 1 amide bonds. The number of fused-ring (bicyclic) bond motifs is 1. The van der Waals surface area contributed by atoms with Gasteiger partial charge in [-0.05, 0) is 48.9 Å². The Kier molecular flexibility index (Phi) is 6.41. The number of anilines is 1. The van der Waals surface area contributed by atoms with Crippen LogP contribution in [0.3, 0.4) is 0 Å². The van der Waals surface area contributed by atoms with Gasteiger partial charge in [0.15, 0.2) is 5.82 Å². The number of halogens is 1. The van der Waals surface area contributed by atoms with Gasteiger partial charge in [-0.3, -0.25) is 4.79 Å². The van der Waals surface area contributed by atoms with Gasteiger partial charge in [-0.2, -0.15) is 4.98 Å². The summed E-state index contributed by atoms with van der Waals surface area (Å²) in [6.45, 7) is 8.94. The van der Waals surface area contributed by atoms with Gasteiger partial charge in [-0.15, -0.1) is 0 Å². The number of aliphatic hydroxyl groups is 1. The lowest BCUT2D eigenvalue weighted by Gasteiger charge is -2.20. The SMILES string of the molecule is C=C/C(O)=C/N(c1nc2oc(-c3ccc(F)cc3)c(C(=O)NC)c2cc1C(=C)C)S(C)(=O)=O. The third kappa shape index (κ3) is 4.65. The molecule has 0 bridgehead atoms. The molecule has 0 radical (unpaired) electrons. The first-order chi connectivity index (χ1) is 15.5. The Balaban J connectivity index is 2.42. The molecule has 2 heterocycles. The highest BCUT2D eigenvalue weighted by Gasteiger charge is 2.27. The van der Waals surface area contributed by atoms with Gasteiger partial charge < -0.3 is 14.8 Å². The minimum atomic E-state index is -3.95. The number of aliphatic hydroxyl groups excluding tert-OH is 1. The van der Waals surface area contributed by atoms with E-state index in [1.807, 2.05) is 0 Å². The van der Waals surface area contributed by atoms with Crippen LogP contribution in [0.4, 0.5) is 10.2 Å². The molecule has 0 fully saturated rings. The molecule has 0 saturated heterocycles. The number of carbonyl (C=O) groups excluding carboxylic acids is 1. The van der Waals surface area contributed by atoms with Crippen LogP contribution in [0.15, 0.2) is 65.9 Å². The second-order valence-corrected chi connectivity index (χ2v) is 9.06. The number of carbonyl (C=O) groups is 1. The maximum Gasteiger partial charge on any atom is 0.255 e. The van der Waals surface area contributed by atoms with Gasteiger partial charge in [0.2, 0.25) is 15.7 Å². The van der Waals surface area contributed by atoms with Crippen molar-refractivity contribution in [3.63, 3.8) is 0 Å². The van der Waals surface area contributed by atoms with E-state index in [1.54, 1.807) is 6.92 Å². The fourth-order valence-corrected chi connectivity index (χ4v) is 3.89. The number of nitrogens with zero attached hydrogens (tertiary/aromatic N) is 2. The Bertz CT molecular complexity index is 1410. The van der Waals surface area contributed by atoms with Crippen LogP contribution in [0, 0.1) is 5.82 Å². The minimum Gasteiger partial charge on any atom is -0.506 e. The molecule has 0 spiro atoms. The molecule has 10 heteroatoms. The van der Waals surface area contributed by atoms with Crippen LogP contribution in [-0.4, -0.2) is 37.7 Å². The molecule has 1 aromatic carbocycles. The first kappa shape index (κ1) is 23.7. The maximum atomic E-state index is 13.4. The van der Waals surface area contributed by atoms with E-state index in [4.69, 9.17) is 4.42 Å². The average Bonchev–Trinajstić information content (AvgIpc) is 3.13. The number of hydrogen-bond donors (Lipinski definition) is 2. The number of amides is 1. The van der Waals surface area contributed by atoms with E-state index >= 15 is 0 Å². The van der Waals surface area contributed by atoms with Gasteiger partial charge in [-0.1, -0.05) is 13.2 Å². The van der Waals surface area contributed by atoms with Crippen LogP contribution in [0.2, 0.25) is 0 Å². The zero-order chi connectivity index (χ0) is 24.5. The van der Waals surface area contributed by atoms with Crippen LogP contribution in [0.1, 0.15) is 22.8 Å². The number of furan rings is 1. The first-order valence-electron chi connectivity index (χ1n) is 9.62. The molecule has 172 valence electrons. The zero-order valence-corrected chi connectivity index (χ0v) is 19.0. The van der Waals surface area contributed by atoms with Crippen LogP contribution in [0.25, 0.3) is 28.0 Å². The van der Waals surface area contributed by atoms with Gasteiger partial charge in [0.25, 0.3) is 5.91 Å². The number of sulfonamides is 1. The molecule has 0 aliphatic carbocycles. The molecular weight excluding hydrogens is 449 g/mol. The molecule has 0 aliphatic heterocycles. The maximum absolute atomic E-state index is 13.4. The Hall–Kier alpha value is -3.92. The van der Waals surface area contributed by atoms with E-state index < -0.39 is 27.5 Å². The van der Waals surface area contributed by atoms with E-state index in [0.29, 0.717) is 22.1 Å². The molecule has 3 aromatic rings. The van der Waals surface area contributed by atoms with Gasteiger partial charge in [0, 0.05) is 18.2 Å². The van der Waals surface area contributed by atoms with E-state index in [9.17, 15) is 22.7 Å². The summed E-state index contributed by atoms with van der Waals surface area (Å²) in [4.78, 5) is 17.1. The summed E-state index contributed by atoms with van der Waals surface area (Å²) >= 11 is 0. The van der Waals surface area contributed by atoms with Crippen LogP contribution in [0.5, 0.6) is 0 Å². The Morgan fingerprint density at radius 3 is 2.45 bits per heavy atom. The summed E-state index contributed by atoms with van der Waals surface area (Å²) in [6, 6.07) is 6.89. The number of pyridine rings is 1. The summed E-state index contributed by atoms with van der Waals surface area (Å²) in [5.41, 5.74) is 1.30. The van der Waals surface area contributed by atoms with Crippen molar-refractivity contribution in [1.29, 1.82) is 0 Å². The number of rotatable bonds is 7. The van der Waals surface area contributed by atoms with Crippen molar-refractivity contribution in [2.24, 2.45) is 0 Å². The van der Waals surface area contributed by atoms with Crippen molar-refractivity contribution in [2.75, 3.05) is 17.6 Å². The van der Waals surface area contributed by atoms with Crippen molar-refractivity contribution >= 4 is 38.4 Å². The van der Waals surface area contributed by atoms with Crippen molar-refractivity contribution in [3.05, 3.63) is 78.5 Å². The molecule has 2 N–H and O–H groups in total. The monoisotopic (exact) mass is 471 g/mol. The second-order valence-electron chi connectivity index (χ2n) is 7.20. The van der Waals surface area contributed by atoms with Crippen molar-refractivity contribution < 1.29 is 27.1 Å². The molecule has 8 nitrogen and oxygen atoms in total. The van der Waals surface area contributed by atoms with Crippen molar-refractivity contribution in [1.82, 2.24) is 10.3 Å². The number of benzene rings is 1. The highest BCUT2D eigenvalue weighted by molar-refractivity contribution is 7.92. The molecule has 0 aliphatic rings. The quantitative estimate of drug-likeness (QED) is 0.391. The largest absolute Gasteiger partial charge is 0.506 e. The number of nitrogens with one attached hydrogen (secondary N) is 1. The zero-order valence-electron chi connectivity index (χ0n) is 18.2. The van der Waals surface area contributed by atoms with E-state index in [-0.39, 0.29) is 22.9 Å². The van der Waals surface area contributed by atoms with Gasteiger partial charge in [0.05, 0.1) is 23.4 Å². The Labute approximate surface area is 190 Å². The van der Waals surface area contributed by atoms with Crippen LogP contribution >= 0.6 is 0 Å². The summed E-state index contributed by atoms with van der Waals surface area (Å²) < 4.78 is 45.1. The Morgan fingerprint density at radius 2 is 1.94 bits per heavy atom. The number of hydrogen-bond acceptors (Lipinski definition) is 6. The highest BCUT2D eigenvalue weighted by Crippen LogP contribution is 2.37. The molecular formula is C23H22FN3O5S. The van der Waals surface area contributed by atoms with Crippen LogP contribution in [-0.2, 0) is 10.0 Å². The third-order valence-corrected chi connectivity index (χ3v) is 5.70. The Morgan fingerprint density at radius 1 is 1.30 bits per heavy atom. The molecule has 33 heavy (non-hydrogen) atoms. The van der Waals surface area contributed by atoms with Crippen molar-refractivity contribution in [3.8, 4) is 11.3 Å². The summed E-state index contributed by atoms with van der Waals surface area (Å²) in [5, 5.41) is 12.7. The number of allylic oxidation sites excluding steroid dienone is 2. The standard InChI is InChI=1S/C23H22FN3O5S/c1-6-16(28)12-27(33(5,30)31)21-17(13(2)3)11-18-19(22(29)25-4)20(32-23(18)26-21)14-7-9-15(24)10-8-14/h6-12,28H,1-2H2,3-5H3,(H,25,29)/b16-12-. The topological polar surface area (TPSA) is 113 Å². The van der Waals surface area contributed by atoms with Crippen LogP contribution < -0.4 is 9.62 Å². The van der Waals surface area contributed by atoms with E-state index in [2.05, 4.69) is 23.5 Å². The molecule has 0 unspecified atom stereocenters. The van der Waals surface area contributed by atoms with Crippen molar-refractivity contribution in [2.45, 2.75) is 6.92 Å². The summed E-state index contributed by atoms with van der Waals surface area (Å²) in [6.07, 6.45) is 2.96. The fraction of sp³-hybridized carbons (Fsp3) is 0.130. The van der Waals surface area contributed by atoms with Gasteiger partial charge in [0.1, 0.15) is 17.3 Å². The lowest BCUT2D eigenvalue weighted by Crippen LogP contribution is -2.26. The molecule has 0 atom stereocenters. The predicted molar refractivity (Wildman–Crippen MR) is 126 cm³/mol. The smallest absolute Gasteiger partial charge is 0.255 e. The first-order valence-corrected chi connectivity index (χ1v) is 11.5. The molecule has 3 rings (SSSR count). The molecule has 0 saturated carbocycles. The number of aromatic nitrogens is 1. The summed E-state index contributed by atoms with van der Waals surface area (Å²) in [5.74, 6) is -1.29. The minimum absolute atomic E-state index is 0.0342. The summed E-state index contributed by atoms with van der Waals surface area (Å²) in [7, 11) is -2.50.